The van der Waals surface area contributed by atoms with Crippen molar-refractivity contribution in [3.05, 3.63) is 41.0 Å². The Morgan fingerprint density at radius 2 is 1.94 bits per heavy atom. The van der Waals surface area contributed by atoms with Crippen molar-refractivity contribution in [1.29, 1.82) is 0 Å². The van der Waals surface area contributed by atoms with Gasteiger partial charge in [0.05, 0.1) is 5.69 Å². The average molecular weight is 278 g/mol. The van der Waals surface area contributed by atoms with Crippen molar-refractivity contribution in [2.45, 2.75) is 6.92 Å². The average Bonchev–Trinajstić information content (AvgIpc) is 2.31. The van der Waals surface area contributed by atoms with Gasteiger partial charge in [-0.2, -0.15) is 0 Å². The van der Waals surface area contributed by atoms with Crippen LogP contribution in [0.1, 0.15) is 6.92 Å². The van der Waals surface area contributed by atoms with E-state index >= 15 is 0 Å². The Kier molecular flexibility index (Phi) is 3.51. The van der Waals surface area contributed by atoms with E-state index in [0.29, 0.717) is 5.95 Å². The van der Waals surface area contributed by atoms with E-state index in [2.05, 4.69) is 31.2 Å². The summed E-state index contributed by atoms with van der Waals surface area (Å²) in [5, 5.41) is 3.10. The first-order valence-electron chi connectivity index (χ1n) is 5.12. The highest BCUT2D eigenvalue weighted by molar-refractivity contribution is 9.10. The molecule has 0 bridgehead atoms. The summed E-state index contributed by atoms with van der Waals surface area (Å²) in [6.07, 6.45) is 1.77. The van der Waals surface area contributed by atoms with Crippen molar-refractivity contribution in [2.24, 2.45) is 0 Å². The lowest BCUT2D eigenvalue weighted by Crippen LogP contribution is -2.02. The second kappa shape index (κ2) is 5.07. The van der Waals surface area contributed by atoms with Crippen LogP contribution in [0.3, 0.4) is 0 Å². The van der Waals surface area contributed by atoms with Gasteiger partial charge in [-0.15, -0.1) is 0 Å². The minimum Gasteiger partial charge on any atom is -0.354 e. The molecule has 4 heteroatoms. The van der Waals surface area contributed by atoms with Gasteiger partial charge in [-0.05, 0) is 25.1 Å². The molecule has 0 radical (unpaired) electrons. The first-order valence-corrected chi connectivity index (χ1v) is 5.92. The molecule has 0 saturated carbocycles. The van der Waals surface area contributed by atoms with Gasteiger partial charge < -0.3 is 5.32 Å². The largest absolute Gasteiger partial charge is 0.354 e. The van der Waals surface area contributed by atoms with E-state index in [-0.39, 0.29) is 0 Å². The normalized spacial score (nSPS) is 10.1. The molecule has 0 saturated heterocycles. The van der Waals surface area contributed by atoms with E-state index in [1.54, 1.807) is 6.20 Å². The quantitative estimate of drug-likeness (QED) is 0.935. The molecule has 0 aliphatic rings. The maximum Gasteiger partial charge on any atom is 0.223 e. The summed E-state index contributed by atoms with van der Waals surface area (Å²) in [5.41, 5.74) is 2.02. The third kappa shape index (κ3) is 2.58. The summed E-state index contributed by atoms with van der Waals surface area (Å²) in [6.45, 7) is 2.85. The number of hydrogen-bond donors (Lipinski definition) is 1. The fourth-order valence-electron chi connectivity index (χ4n) is 1.38. The lowest BCUT2D eigenvalue weighted by Gasteiger charge is -2.04. The van der Waals surface area contributed by atoms with Crippen molar-refractivity contribution in [2.75, 3.05) is 11.9 Å². The molecular formula is C12H12BrN3. The zero-order valence-corrected chi connectivity index (χ0v) is 10.5. The van der Waals surface area contributed by atoms with Crippen LogP contribution in [0, 0.1) is 0 Å². The lowest BCUT2D eigenvalue weighted by atomic mass is 10.1. The van der Waals surface area contributed by atoms with Crippen LogP contribution in [-0.4, -0.2) is 16.5 Å². The van der Waals surface area contributed by atoms with Crippen LogP contribution in [0.15, 0.2) is 41.0 Å². The van der Waals surface area contributed by atoms with Gasteiger partial charge in [-0.1, -0.05) is 28.1 Å². The molecule has 0 aliphatic carbocycles. The molecule has 0 amide bonds. The topological polar surface area (TPSA) is 37.8 Å². The van der Waals surface area contributed by atoms with Crippen LogP contribution in [-0.2, 0) is 0 Å². The molecule has 16 heavy (non-hydrogen) atoms. The van der Waals surface area contributed by atoms with E-state index in [4.69, 9.17) is 0 Å². The zero-order chi connectivity index (χ0) is 11.4. The van der Waals surface area contributed by atoms with Crippen molar-refractivity contribution >= 4 is 21.9 Å². The molecule has 0 aliphatic heterocycles. The fraction of sp³-hybridized carbons (Fsp3) is 0.167. The third-order valence-electron chi connectivity index (χ3n) is 2.13. The number of hydrogen-bond acceptors (Lipinski definition) is 3. The smallest absolute Gasteiger partial charge is 0.223 e. The van der Waals surface area contributed by atoms with Crippen LogP contribution in [0.2, 0.25) is 0 Å². The van der Waals surface area contributed by atoms with E-state index < -0.39 is 0 Å². The summed E-state index contributed by atoms with van der Waals surface area (Å²) in [7, 11) is 0. The molecule has 1 aromatic heterocycles. The van der Waals surface area contributed by atoms with Crippen LogP contribution in [0.25, 0.3) is 11.3 Å². The number of halogens is 1. The Hall–Kier alpha value is -1.42. The van der Waals surface area contributed by atoms with Crippen LogP contribution >= 0.6 is 15.9 Å². The van der Waals surface area contributed by atoms with E-state index in [1.165, 1.54) is 0 Å². The van der Waals surface area contributed by atoms with Gasteiger partial charge in [-0.3, -0.25) is 0 Å². The fourth-order valence-corrected chi connectivity index (χ4v) is 1.65. The molecule has 1 heterocycles. The maximum absolute atomic E-state index is 4.42. The van der Waals surface area contributed by atoms with Gasteiger partial charge in [0, 0.05) is 22.8 Å². The lowest BCUT2D eigenvalue weighted by molar-refractivity contribution is 1.09. The van der Waals surface area contributed by atoms with E-state index in [1.807, 2.05) is 37.3 Å². The Labute approximate surface area is 103 Å². The standard InChI is InChI=1S/C12H12BrN3/c1-2-14-12-15-8-7-11(16-12)9-3-5-10(13)6-4-9/h3-8H,2H2,1H3,(H,14,15,16). The molecule has 0 unspecified atom stereocenters. The van der Waals surface area contributed by atoms with Gasteiger partial charge in [0.25, 0.3) is 0 Å². The molecule has 0 atom stereocenters. The summed E-state index contributed by atoms with van der Waals surface area (Å²) in [6, 6.07) is 9.98. The number of nitrogens with zero attached hydrogens (tertiary/aromatic N) is 2. The van der Waals surface area contributed by atoms with Crippen LogP contribution in [0.5, 0.6) is 0 Å². The SMILES string of the molecule is CCNc1nccc(-c2ccc(Br)cc2)n1. The second-order valence-electron chi connectivity index (χ2n) is 3.30. The van der Waals surface area contributed by atoms with E-state index in [0.717, 1.165) is 22.3 Å². The zero-order valence-electron chi connectivity index (χ0n) is 8.94. The predicted molar refractivity (Wildman–Crippen MR) is 69.3 cm³/mol. The number of anilines is 1. The predicted octanol–water partition coefficient (Wildman–Crippen LogP) is 3.34. The third-order valence-corrected chi connectivity index (χ3v) is 2.66. The Morgan fingerprint density at radius 1 is 1.19 bits per heavy atom. The highest BCUT2D eigenvalue weighted by Crippen LogP contribution is 2.20. The number of benzene rings is 1. The molecule has 3 nitrogen and oxygen atoms in total. The Bertz CT molecular complexity index is 468. The second-order valence-corrected chi connectivity index (χ2v) is 4.22. The van der Waals surface area contributed by atoms with Gasteiger partial charge in [0.15, 0.2) is 0 Å². The van der Waals surface area contributed by atoms with E-state index in [9.17, 15) is 0 Å². The van der Waals surface area contributed by atoms with Gasteiger partial charge in [0.2, 0.25) is 5.95 Å². The summed E-state index contributed by atoms with van der Waals surface area (Å²) >= 11 is 3.41. The Morgan fingerprint density at radius 3 is 2.62 bits per heavy atom. The first-order chi connectivity index (χ1) is 7.79. The molecule has 2 rings (SSSR count). The highest BCUT2D eigenvalue weighted by atomic mass is 79.9. The number of rotatable bonds is 3. The molecule has 1 N–H and O–H groups in total. The summed E-state index contributed by atoms with van der Waals surface area (Å²) in [5.74, 6) is 0.669. The van der Waals surface area contributed by atoms with Gasteiger partial charge in [-0.25, -0.2) is 9.97 Å². The molecule has 0 fully saturated rings. The van der Waals surface area contributed by atoms with Crippen molar-refractivity contribution < 1.29 is 0 Å². The summed E-state index contributed by atoms with van der Waals surface area (Å²) in [4.78, 5) is 8.57. The molecule has 2 aromatic rings. The summed E-state index contributed by atoms with van der Waals surface area (Å²) < 4.78 is 1.07. The monoisotopic (exact) mass is 277 g/mol. The molecule has 82 valence electrons. The minimum atomic E-state index is 0.669. The van der Waals surface area contributed by atoms with Gasteiger partial charge in [0.1, 0.15) is 0 Å². The minimum absolute atomic E-state index is 0.669. The van der Waals surface area contributed by atoms with Crippen molar-refractivity contribution in [3.63, 3.8) is 0 Å². The first kappa shape index (κ1) is 11.1. The van der Waals surface area contributed by atoms with Crippen molar-refractivity contribution in [3.8, 4) is 11.3 Å². The molecule has 1 aromatic carbocycles. The van der Waals surface area contributed by atoms with Crippen LogP contribution < -0.4 is 5.32 Å². The van der Waals surface area contributed by atoms with Crippen LogP contribution in [0.4, 0.5) is 5.95 Å². The maximum atomic E-state index is 4.42. The Balaban J connectivity index is 2.32. The van der Waals surface area contributed by atoms with Crippen molar-refractivity contribution in [1.82, 2.24) is 9.97 Å². The number of nitrogens with one attached hydrogen (secondary N) is 1. The highest BCUT2D eigenvalue weighted by Gasteiger charge is 2.00. The molecular weight excluding hydrogens is 266 g/mol. The molecule has 0 spiro atoms. The van der Waals surface area contributed by atoms with Gasteiger partial charge >= 0.3 is 0 Å². The number of aromatic nitrogens is 2.